The van der Waals surface area contributed by atoms with E-state index in [-0.39, 0.29) is 40.6 Å². The van der Waals surface area contributed by atoms with Crippen molar-refractivity contribution in [2.75, 3.05) is 18.0 Å². The highest BCUT2D eigenvalue weighted by Gasteiger charge is 2.40. The molecule has 5 rings (SSSR count). The smallest absolute Gasteiger partial charge is 0.243 e. The van der Waals surface area contributed by atoms with Gasteiger partial charge in [-0.25, -0.2) is 8.42 Å². The molecule has 1 aliphatic carbocycles. The van der Waals surface area contributed by atoms with Crippen molar-refractivity contribution < 1.29 is 18.0 Å². The number of amides is 2. The number of piperidine rings is 1. The summed E-state index contributed by atoms with van der Waals surface area (Å²) in [6, 6.07) is 14.9. The van der Waals surface area contributed by atoms with Gasteiger partial charge >= 0.3 is 0 Å². The van der Waals surface area contributed by atoms with E-state index in [2.05, 4.69) is 5.32 Å². The molecule has 2 aromatic rings. The molecule has 0 unspecified atom stereocenters. The Labute approximate surface area is 207 Å². The van der Waals surface area contributed by atoms with Crippen molar-refractivity contribution in [2.45, 2.75) is 62.9 Å². The lowest BCUT2D eigenvalue weighted by Crippen LogP contribution is -2.43. The molecule has 2 aliphatic heterocycles. The van der Waals surface area contributed by atoms with Crippen molar-refractivity contribution in [1.82, 2.24) is 9.62 Å². The molecule has 35 heavy (non-hydrogen) atoms. The number of nitrogens with zero attached hydrogens (tertiary/aromatic N) is 2. The van der Waals surface area contributed by atoms with E-state index in [4.69, 9.17) is 0 Å². The first-order chi connectivity index (χ1) is 16.8. The fraction of sp³-hybridized carbons (Fsp3) is 0.481. The van der Waals surface area contributed by atoms with Gasteiger partial charge < -0.3 is 10.2 Å². The first kappa shape index (κ1) is 24.0. The fourth-order valence-electron chi connectivity index (χ4n) is 5.29. The number of nitrogens with one attached hydrogen (secondary N) is 1. The summed E-state index contributed by atoms with van der Waals surface area (Å²) >= 11 is 0. The number of fused-ring (bicyclic) bond motifs is 1. The number of sulfonamides is 1. The van der Waals surface area contributed by atoms with Gasteiger partial charge in [-0.05, 0) is 75.3 Å². The fourth-order valence-corrected chi connectivity index (χ4v) is 6.82. The Balaban J connectivity index is 1.23. The van der Waals surface area contributed by atoms with Crippen molar-refractivity contribution in [1.29, 1.82) is 0 Å². The van der Waals surface area contributed by atoms with Crippen LogP contribution in [0.25, 0.3) is 0 Å². The Morgan fingerprint density at radius 1 is 0.971 bits per heavy atom. The molecule has 2 aromatic carbocycles. The summed E-state index contributed by atoms with van der Waals surface area (Å²) < 4.78 is 28.3. The molecule has 0 aromatic heterocycles. The monoisotopic (exact) mass is 495 g/mol. The lowest BCUT2D eigenvalue weighted by molar-refractivity contribution is -0.126. The zero-order valence-electron chi connectivity index (χ0n) is 20.3. The van der Waals surface area contributed by atoms with Crippen LogP contribution >= 0.6 is 0 Å². The minimum absolute atomic E-state index is 0.0228. The highest BCUT2D eigenvalue weighted by Crippen LogP contribution is 2.40. The molecule has 0 radical (unpaired) electrons. The number of hydrogen-bond acceptors (Lipinski definition) is 4. The van der Waals surface area contributed by atoms with E-state index < -0.39 is 10.0 Å². The second kappa shape index (κ2) is 9.39. The second-order valence-corrected chi connectivity index (χ2v) is 12.1. The molecular weight excluding hydrogens is 462 g/mol. The van der Waals surface area contributed by atoms with Gasteiger partial charge in [0.2, 0.25) is 21.8 Å². The van der Waals surface area contributed by atoms with Crippen LogP contribution in [0.2, 0.25) is 0 Å². The number of carbonyl (C=O) groups excluding carboxylic acids is 2. The van der Waals surface area contributed by atoms with Crippen molar-refractivity contribution in [3.8, 4) is 0 Å². The van der Waals surface area contributed by atoms with E-state index in [1.807, 2.05) is 49.1 Å². The molecule has 2 heterocycles. The quantitative estimate of drug-likeness (QED) is 0.663. The molecule has 2 atom stereocenters. The van der Waals surface area contributed by atoms with Crippen LogP contribution < -0.4 is 10.2 Å². The first-order valence-corrected chi connectivity index (χ1v) is 14.0. The van der Waals surface area contributed by atoms with Crippen LogP contribution in [-0.2, 0) is 26.0 Å². The summed E-state index contributed by atoms with van der Waals surface area (Å²) in [4.78, 5) is 27.6. The Kier molecular flexibility index (Phi) is 6.44. The van der Waals surface area contributed by atoms with Crippen LogP contribution in [0.5, 0.6) is 0 Å². The predicted octanol–water partition coefficient (Wildman–Crippen LogP) is 3.65. The summed E-state index contributed by atoms with van der Waals surface area (Å²) in [7, 11) is -3.66. The minimum Gasteiger partial charge on any atom is -0.349 e. The Hall–Kier alpha value is -2.71. The molecule has 1 saturated heterocycles. The number of hydrogen-bond donors (Lipinski definition) is 1. The number of rotatable bonds is 6. The second-order valence-electron chi connectivity index (χ2n) is 10.1. The summed E-state index contributed by atoms with van der Waals surface area (Å²) in [6.45, 7) is 4.61. The molecule has 2 fully saturated rings. The maximum Gasteiger partial charge on any atom is 0.243 e. The summed E-state index contributed by atoms with van der Waals surface area (Å²) in [5, 5.41) is 3.07. The van der Waals surface area contributed by atoms with Gasteiger partial charge in [0.05, 0.1) is 10.9 Å². The van der Waals surface area contributed by atoms with Crippen molar-refractivity contribution in [3.05, 3.63) is 59.7 Å². The topological polar surface area (TPSA) is 86.8 Å². The minimum atomic E-state index is -3.66. The van der Waals surface area contributed by atoms with Gasteiger partial charge in [0.25, 0.3) is 0 Å². The van der Waals surface area contributed by atoms with Crippen molar-refractivity contribution in [2.24, 2.45) is 11.8 Å². The highest BCUT2D eigenvalue weighted by molar-refractivity contribution is 7.89. The van der Waals surface area contributed by atoms with Gasteiger partial charge in [0.15, 0.2) is 0 Å². The van der Waals surface area contributed by atoms with Crippen LogP contribution in [0, 0.1) is 11.8 Å². The molecule has 2 amide bonds. The number of benzene rings is 2. The molecule has 1 saturated carbocycles. The van der Waals surface area contributed by atoms with Gasteiger partial charge in [-0.2, -0.15) is 4.31 Å². The van der Waals surface area contributed by atoms with E-state index in [1.165, 1.54) is 4.31 Å². The largest absolute Gasteiger partial charge is 0.349 e. The SMILES string of the molecule is C[C@@H]1Cc2cc(S(=O)(=O)N3CCC(C(=O)N[C@H](C)c4ccccc4)CC3)ccc2N1C(=O)C1CC1. The summed E-state index contributed by atoms with van der Waals surface area (Å²) in [6.07, 6.45) is 3.56. The number of carbonyl (C=O) groups is 2. The van der Waals surface area contributed by atoms with E-state index >= 15 is 0 Å². The third kappa shape index (κ3) is 4.74. The molecule has 1 N–H and O–H groups in total. The van der Waals surface area contributed by atoms with E-state index in [1.54, 1.807) is 18.2 Å². The van der Waals surface area contributed by atoms with E-state index in [9.17, 15) is 18.0 Å². The van der Waals surface area contributed by atoms with Crippen molar-refractivity contribution in [3.63, 3.8) is 0 Å². The molecule has 3 aliphatic rings. The maximum atomic E-state index is 13.4. The molecule has 8 heteroatoms. The normalized spacial score (nSPS) is 22.0. The zero-order chi connectivity index (χ0) is 24.7. The van der Waals surface area contributed by atoms with Crippen LogP contribution in [0.3, 0.4) is 0 Å². The molecule has 0 spiro atoms. The third-order valence-electron chi connectivity index (χ3n) is 7.55. The Morgan fingerprint density at radius 3 is 2.31 bits per heavy atom. The Bertz CT molecular complexity index is 1220. The molecule has 186 valence electrons. The van der Waals surface area contributed by atoms with Crippen molar-refractivity contribution >= 4 is 27.5 Å². The Morgan fingerprint density at radius 2 is 1.66 bits per heavy atom. The molecule has 7 nitrogen and oxygen atoms in total. The first-order valence-electron chi connectivity index (χ1n) is 12.6. The third-order valence-corrected chi connectivity index (χ3v) is 9.45. The maximum absolute atomic E-state index is 13.4. The van der Waals surface area contributed by atoms with Crippen LogP contribution in [0.15, 0.2) is 53.4 Å². The summed E-state index contributed by atoms with van der Waals surface area (Å²) in [5.74, 6) is 0.0654. The number of anilines is 1. The summed E-state index contributed by atoms with van der Waals surface area (Å²) in [5.41, 5.74) is 2.80. The van der Waals surface area contributed by atoms with E-state index in [0.29, 0.717) is 32.4 Å². The van der Waals surface area contributed by atoms with Gasteiger partial charge in [-0.1, -0.05) is 30.3 Å². The van der Waals surface area contributed by atoms with Crippen LogP contribution in [0.1, 0.15) is 56.7 Å². The molecular formula is C27H33N3O4S. The molecule has 0 bridgehead atoms. The average Bonchev–Trinajstić information content (AvgIpc) is 3.66. The highest BCUT2D eigenvalue weighted by atomic mass is 32.2. The average molecular weight is 496 g/mol. The van der Waals surface area contributed by atoms with Crippen LogP contribution in [0.4, 0.5) is 5.69 Å². The van der Waals surface area contributed by atoms with Gasteiger partial charge in [0, 0.05) is 36.7 Å². The standard InChI is InChI=1S/C27H33N3O4S/c1-18-16-23-17-24(10-11-25(23)30(18)27(32)22-8-9-22)35(33,34)29-14-12-21(13-15-29)26(31)28-19(2)20-6-4-3-5-7-20/h3-7,10-11,17-19,21-22H,8-9,12-16H2,1-2H3,(H,28,31)/t18-,19-/m1/s1. The van der Waals surface area contributed by atoms with Crippen LogP contribution in [-0.4, -0.2) is 43.7 Å². The lowest BCUT2D eigenvalue weighted by Gasteiger charge is -2.31. The lowest BCUT2D eigenvalue weighted by atomic mass is 9.96. The van der Waals surface area contributed by atoms with Gasteiger partial charge in [0.1, 0.15) is 0 Å². The predicted molar refractivity (Wildman–Crippen MR) is 134 cm³/mol. The van der Waals surface area contributed by atoms with E-state index in [0.717, 1.165) is 29.7 Å². The van der Waals surface area contributed by atoms with Gasteiger partial charge in [-0.3, -0.25) is 9.59 Å². The van der Waals surface area contributed by atoms with Gasteiger partial charge in [-0.15, -0.1) is 0 Å². The zero-order valence-corrected chi connectivity index (χ0v) is 21.1.